The van der Waals surface area contributed by atoms with Crippen molar-refractivity contribution in [3.63, 3.8) is 0 Å². The Balaban J connectivity index is 1.75. The highest BCUT2D eigenvalue weighted by molar-refractivity contribution is 7.85. The van der Waals surface area contributed by atoms with E-state index in [9.17, 15) is 9.00 Å². The van der Waals surface area contributed by atoms with Crippen molar-refractivity contribution in [2.45, 2.75) is 25.8 Å². The number of nitrogens with one attached hydrogen (secondary N) is 1. The molecule has 0 aliphatic carbocycles. The molecule has 0 bridgehead atoms. The molecule has 0 fully saturated rings. The van der Waals surface area contributed by atoms with Crippen molar-refractivity contribution in [3.8, 4) is 5.75 Å². The van der Waals surface area contributed by atoms with Gasteiger partial charge in [-0.2, -0.15) is 0 Å². The van der Waals surface area contributed by atoms with Crippen LogP contribution < -0.4 is 10.1 Å². The summed E-state index contributed by atoms with van der Waals surface area (Å²) in [4.78, 5) is 15.9. The van der Waals surface area contributed by atoms with E-state index in [4.69, 9.17) is 4.74 Å². The molecule has 24 heavy (non-hydrogen) atoms. The van der Waals surface area contributed by atoms with Crippen molar-refractivity contribution < 1.29 is 13.7 Å². The van der Waals surface area contributed by atoms with Crippen LogP contribution in [0.3, 0.4) is 0 Å². The summed E-state index contributed by atoms with van der Waals surface area (Å²) in [7, 11) is -1.43. The monoisotopic (exact) mass is 346 g/mol. The molecule has 1 N–H and O–H groups in total. The number of carbonyl (C=O) groups excluding carboxylic acids is 1. The SMILES string of the molecule is Cc1ccc(S(=O)CC(=O)NCCOc2c(C)cccc2C)nc1. The number of nitrogens with zero attached hydrogens (tertiary/aromatic N) is 1. The molecule has 0 aliphatic heterocycles. The van der Waals surface area contributed by atoms with E-state index < -0.39 is 10.8 Å². The van der Waals surface area contributed by atoms with Gasteiger partial charge in [-0.15, -0.1) is 0 Å². The molecule has 1 amide bonds. The normalized spacial score (nSPS) is 11.8. The van der Waals surface area contributed by atoms with Gasteiger partial charge in [0, 0.05) is 6.20 Å². The Morgan fingerprint density at radius 2 is 1.88 bits per heavy atom. The molecule has 0 spiro atoms. The summed E-state index contributed by atoms with van der Waals surface area (Å²) in [6, 6.07) is 9.46. The van der Waals surface area contributed by atoms with Gasteiger partial charge in [-0.25, -0.2) is 4.98 Å². The highest BCUT2D eigenvalue weighted by atomic mass is 32.2. The lowest BCUT2D eigenvalue weighted by Crippen LogP contribution is -2.32. The minimum atomic E-state index is -1.43. The van der Waals surface area contributed by atoms with Crippen LogP contribution in [0.4, 0.5) is 0 Å². The first-order chi connectivity index (χ1) is 11.5. The van der Waals surface area contributed by atoms with Gasteiger partial charge >= 0.3 is 0 Å². The lowest BCUT2D eigenvalue weighted by Gasteiger charge is -2.12. The summed E-state index contributed by atoms with van der Waals surface area (Å²) in [5.41, 5.74) is 3.12. The largest absolute Gasteiger partial charge is 0.491 e. The second-order valence-corrected chi connectivity index (χ2v) is 6.98. The number of hydrogen-bond donors (Lipinski definition) is 1. The third kappa shape index (κ3) is 5.16. The summed E-state index contributed by atoms with van der Waals surface area (Å²) >= 11 is 0. The second kappa shape index (κ2) is 8.59. The molecule has 0 saturated carbocycles. The summed E-state index contributed by atoms with van der Waals surface area (Å²) < 4.78 is 17.8. The molecule has 2 rings (SSSR count). The van der Waals surface area contributed by atoms with Crippen LogP contribution in [0.5, 0.6) is 5.75 Å². The third-order valence-electron chi connectivity index (χ3n) is 3.46. The van der Waals surface area contributed by atoms with Crippen molar-refractivity contribution in [2.24, 2.45) is 0 Å². The van der Waals surface area contributed by atoms with E-state index in [2.05, 4.69) is 10.3 Å². The van der Waals surface area contributed by atoms with Crippen molar-refractivity contribution in [3.05, 3.63) is 53.2 Å². The topological polar surface area (TPSA) is 68.3 Å². The molecular formula is C18H22N2O3S. The van der Waals surface area contributed by atoms with Gasteiger partial charge in [0.1, 0.15) is 23.1 Å². The molecule has 2 aromatic rings. The summed E-state index contributed by atoms with van der Waals surface area (Å²) in [5.74, 6) is 0.472. The number of pyridine rings is 1. The minimum Gasteiger partial charge on any atom is -0.491 e. The van der Waals surface area contributed by atoms with Crippen LogP contribution in [0.2, 0.25) is 0 Å². The molecule has 5 nitrogen and oxygen atoms in total. The smallest absolute Gasteiger partial charge is 0.233 e. The lowest BCUT2D eigenvalue weighted by atomic mass is 10.1. The molecule has 128 valence electrons. The van der Waals surface area contributed by atoms with Crippen molar-refractivity contribution in [2.75, 3.05) is 18.9 Å². The number of aromatic nitrogens is 1. The molecule has 0 radical (unpaired) electrons. The van der Waals surface area contributed by atoms with Crippen molar-refractivity contribution in [1.29, 1.82) is 0 Å². The molecule has 1 aromatic heterocycles. The summed E-state index contributed by atoms with van der Waals surface area (Å²) in [6.07, 6.45) is 1.64. The fourth-order valence-corrected chi connectivity index (χ4v) is 3.08. The molecule has 1 atom stereocenters. The van der Waals surface area contributed by atoms with E-state index in [0.29, 0.717) is 18.2 Å². The van der Waals surface area contributed by atoms with Gasteiger partial charge in [-0.1, -0.05) is 24.3 Å². The quantitative estimate of drug-likeness (QED) is 0.781. The predicted octanol–water partition coefficient (Wildman–Crippen LogP) is 2.31. The van der Waals surface area contributed by atoms with Gasteiger partial charge < -0.3 is 10.1 Å². The van der Waals surface area contributed by atoms with Crippen LogP contribution in [0.25, 0.3) is 0 Å². The number of para-hydroxylation sites is 1. The predicted molar refractivity (Wildman–Crippen MR) is 94.7 cm³/mol. The highest BCUT2D eigenvalue weighted by Crippen LogP contribution is 2.21. The van der Waals surface area contributed by atoms with E-state index in [1.54, 1.807) is 12.3 Å². The fourth-order valence-electron chi connectivity index (χ4n) is 2.20. The van der Waals surface area contributed by atoms with Crippen LogP contribution in [0.1, 0.15) is 16.7 Å². The van der Waals surface area contributed by atoms with Crippen LogP contribution in [-0.2, 0) is 15.6 Å². The van der Waals surface area contributed by atoms with E-state index in [1.807, 2.05) is 45.0 Å². The first-order valence-electron chi connectivity index (χ1n) is 7.74. The first kappa shape index (κ1) is 18.1. The maximum Gasteiger partial charge on any atom is 0.233 e. The summed E-state index contributed by atoms with van der Waals surface area (Å²) in [5, 5.41) is 3.14. The van der Waals surface area contributed by atoms with E-state index in [-0.39, 0.29) is 11.7 Å². The van der Waals surface area contributed by atoms with Crippen molar-refractivity contribution in [1.82, 2.24) is 10.3 Å². The third-order valence-corrected chi connectivity index (χ3v) is 4.69. The zero-order chi connectivity index (χ0) is 17.5. The van der Waals surface area contributed by atoms with Crippen molar-refractivity contribution >= 4 is 16.7 Å². The number of amides is 1. The number of rotatable bonds is 7. The maximum atomic E-state index is 12.1. The van der Waals surface area contributed by atoms with E-state index >= 15 is 0 Å². The molecule has 1 heterocycles. The van der Waals surface area contributed by atoms with Gasteiger partial charge in [0.25, 0.3) is 0 Å². The van der Waals surface area contributed by atoms with E-state index in [1.165, 1.54) is 0 Å². The number of ether oxygens (including phenoxy) is 1. The van der Waals surface area contributed by atoms with Gasteiger partial charge in [-0.05, 0) is 43.5 Å². The van der Waals surface area contributed by atoms with Gasteiger partial charge in [0.15, 0.2) is 0 Å². The standard InChI is InChI=1S/C18H22N2O3S/c1-13-7-8-17(20-11-13)24(22)12-16(21)19-9-10-23-18-14(2)5-4-6-15(18)3/h4-8,11H,9-10,12H2,1-3H3,(H,19,21). The number of hydrogen-bond acceptors (Lipinski definition) is 4. The molecule has 1 aromatic carbocycles. The van der Waals surface area contributed by atoms with Crippen LogP contribution >= 0.6 is 0 Å². The Labute approximate surface area is 144 Å². The highest BCUT2D eigenvalue weighted by Gasteiger charge is 2.11. The lowest BCUT2D eigenvalue weighted by molar-refractivity contribution is -0.118. The minimum absolute atomic E-state index is 0.0978. The van der Waals surface area contributed by atoms with Gasteiger partial charge in [-0.3, -0.25) is 9.00 Å². The molecule has 6 heteroatoms. The fraction of sp³-hybridized carbons (Fsp3) is 0.333. The number of benzene rings is 1. The second-order valence-electron chi connectivity index (χ2n) is 5.58. The Kier molecular flexibility index (Phi) is 6.49. The van der Waals surface area contributed by atoms with Gasteiger partial charge in [0.05, 0.1) is 17.3 Å². The van der Waals surface area contributed by atoms with Gasteiger partial charge in [0.2, 0.25) is 5.91 Å². The first-order valence-corrected chi connectivity index (χ1v) is 9.06. The Morgan fingerprint density at radius 3 is 2.50 bits per heavy atom. The van der Waals surface area contributed by atoms with E-state index in [0.717, 1.165) is 22.4 Å². The molecule has 0 aliphatic rings. The number of carbonyl (C=O) groups is 1. The Morgan fingerprint density at radius 1 is 1.17 bits per heavy atom. The van der Waals surface area contributed by atoms with Crippen LogP contribution in [0.15, 0.2) is 41.6 Å². The average molecular weight is 346 g/mol. The summed E-state index contributed by atoms with van der Waals surface area (Å²) in [6.45, 7) is 6.61. The Bertz CT molecular complexity index is 709. The molecule has 0 saturated heterocycles. The van der Waals surface area contributed by atoms with Crippen LogP contribution in [-0.4, -0.2) is 34.0 Å². The molecule has 1 unspecified atom stereocenters. The zero-order valence-electron chi connectivity index (χ0n) is 14.2. The average Bonchev–Trinajstić information content (AvgIpc) is 2.54. The zero-order valence-corrected chi connectivity index (χ0v) is 15.0. The Hall–Kier alpha value is -2.21. The number of aryl methyl sites for hydroxylation is 3. The molecular weight excluding hydrogens is 324 g/mol. The van der Waals surface area contributed by atoms with Crippen LogP contribution in [0, 0.1) is 20.8 Å². The maximum absolute atomic E-state index is 12.1.